The van der Waals surface area contributed by atoms with Gasteiger partial charge in [0.25, 0.3) is 0 Å². The lowest BCUT2D eigenvalue weighted by Gasteiger charge is -2.43. The molecule has 2 aliphatic carbocycles. The van der Waals surface area contributed by atoms with E-state index in [0.29, 0.717) is 47.5 Å². The van der Waals surface area contributed by atoms with Crippen molar-refractivity contribution in [2.24, 2.45) is 35.0 Å². The first kappa shape index (κ1) is 33.9. The van der Waals surface area contributed by atoms with Gasteiger partial charge < -0.3 is 20.0 Å². The lowest BCUT2D eigenvalue weighted by atomic mass is 9.70. The van der Waals surface area contributed by atoms with E-state index in [-0.39, 0.29) is 0 Å². The van der Waals surface area contributed by atoms with Crippen molar-refractivity contribution >= 4 is 11.9 Å². The molecular weight excluding hydrogens is 542 g/mol. The summed E-state index contributed by atoms with van der Waals surface area (Å²) in [4.78, 5) is 10.4. The van der Waals surface area contributed by atoms with Crippen LogP contribution in [0.1, 0.15) is 132 Å². The minimum atomic E-state index is 0.314. The van der Waals surface area contributed by atoms with Crippen molar-refractivity contribution < 1.29 is 0 Å². The average molecular weight is 612 g/mol. The number of hydrogen-bond donors (Lipinski definition) is 3. The van der Waals surface area contributed by atoms with Gasteiger partial charge in [-0.3, -0.25) is 15.7 Å². The molecule has 0 aromatic carbocycles. The molecule has 3 aliphatic heterocycles. The van der Waals surface area contributed by atoms with Gasteiger partial charge in [0, 0.05) is 44.8 Å². The number of nitrogens with one attached hydrogen (secondary N) is 3. The van der Waals surface area contributed by atoms with Crippen LogP contribution in [0.3, 0.4) is 0 Å². The van der Waals surface area contributed by atoms with Gasteiger partial charge in [-0.05, 0) is 86.4 Å². The summed E-state index contributed by atoms with van der Waals surface area (Å²) in [5, 5.41) is 21.9. The Morgan fingerprint density at radius 3 is 2.11 bits per heavy atom. The minimum absolute atomic E-state index is 0.314. The normalized spacial score (nSPS) is 32.0. The third-order valence-corrected chi connectivity index (χ3v) is 12.4. The molecule has 0 amide bonds. The molecule has 5 rings (SSSR count). The van der Waals surface area contributed by atoms with Gasteiger partial charge in [0.05, 0.1) is 12.2 Å². The van der Waals surface area contributed by atoms with E-state index in [1.807, 2.05) is 0 Å². The summed E-state index contributed by atoms with van der Waals surface area (Å²) < 4.78 is 0. The molecule has 0 bridgehead atoms. The molecule has 0 spiro atoms. The van der Waals surface area contributed by atoms with Crippen LogP contribution in [-0.4, -0.2) is 88.5 Å². The van der Waals surface area contributed by atoms with Crippen LogP contribution in [0.25, 0.3) is 0 Å². The number of nitrogens with zero attached hydrogens (tertiary/aromatic N) is 4. The van der Waals surface area contributed by atoms with Crippen molar-refractivity contribution in [3.05, 3.63) is 0 Å². The second kappa shape index (κ2) is 14.5. The topological polar surface area (TPSA) is 72.7 Å². The van der Waals surface area contributed by atoms with Crippen LogP contribution in [0.4, 0.5) is 0 Å². The maximum absolute atomic E-state index is 9.76. The Kier molecular flexibility index (Phi) is 11.2. The lowest BCUT2D eigenvalue weighted by molar-refractivity contribution is 0.0460. The molecule has 252 valence electrons. The van der Waals surface area contributed by atoms with Gasteiger partial charge >= 0.3 is 0 Å². The number of hydrogen-bond acceptors (Lipinski definition) is 3. The van der Waals surface area contributed by atoms with Crippen LogP contribution in [0.5, 0.6) is 0 Å². The molecule has 0 radical (unpaired) electrons. The molecular formula is C37H69N7. The first-order valence-corrected chi connectivity index (χ1v) is 18.9. The first-order chi connectivity index (χ1) is 20.9. The monoisotopic (exact) mass is 612 g/mol. The summed E-state index contributed by atoms with van der Waals surface area (Å²) >= 11 is 0. The molecule has 5 aliphatic rings. The van der Waals surface area contributed by atoms with Crippen LogP contribution in [0.15, 0.2) is 0 Å². The Hall–Kier alpha value is -1.50. The Balaban J connectivity index is 1.33. The van der Waals surface area contributed by atoms with E-state index in [0.717, 1.165) is 62.9 Å². The molecule has 7 nitrogen and oxygen atoms in total. The fourth-order valence-corrected chi connectivity index (χ4v) is 9.69. The highest BCUT2D eigenvalue weighted by Gasteiger charge is 2.46. The number of rotatable bonds is 11. The van der Waals surface area contributed by atoms with Crippen LogP contribution < -0.4 is 5.32 Å². The van der Waals surface area contributed by atoms with Gasteiger partial charge in [0.2, 0.25) is 0 Å². The third kappa shape index (κ3) is 7.89. The van der Waals surface area contributed by atoms with Crippen LogP contribution in [0.2, 0.25) is 0 Å². The standard InChI is InChI=1S/C37H69N7/c1-26(2)20-32-22-40-35(38)42(32)24-31-14-11-19-41(31)34(21-28-12-9-8-10-13-28)44-25-33(27(3)4)43(36(44)39)23-29-15-17-30(18-16-29)37(5,6)7/h26-34,39H,8-25H2,1-7H3,(H2,38,40)/t29?,30?,31-,32+,33-,34+/m0/s1. The molecule has 3 heterocycles. The van der Waals surface area contributed by atoms with Gasteiger partial charge in [-0.2, -0.15) is 0 Å². The maximum Gasteiger partial charge on any atom is 0.195 e. The van der Waals surface area contributed by atoms with Gasteiger partial charge in [-0.1, -0.05) is 80.6 Å². The quantitative estimate of drug-likeness (QED) is 0.227. The fourth-order valence-electron chi connectivity index (χ4n) is 9.69. The summed E-state index contributed by atoms with van der Waals surface area (Å²) in [5.74, 6) is 4.98. The van der Waals surface area contributed by atoms with Gasteiger partial charge in [-0.15, -0.1) is 0 Å². The Bertz CT molecular complexity index is 942. The van der Waals surface area contributed by atoms with E-state index in [1.54, 1.807) is 0 Å². The highest BCUT2D eigenvalue weighted by molar-refractivity contribution is 5.80. The Morgan fingerprint density at radius 2 is 1.48 bits per heavy atom. The lowest BCUT2D eigenvalue weighted by Crippen LogP contribution is -2.55. The fraction of sp³-hybridized carbons (Fsp3) is 0.946. The molecule has 2 saturated carbocycles. The summed E-state index contributed by atoms with van der Waals surface area (Å²) in [5.41, 5.74) is 0.416. The maximum atomic E-state index is 9.76. The van der Waals surface area contributed by atoms with E-state index in [4.69, 9.17) is 5.41 Å². The molecule has 0 unspecified atom stereocenters. The van der Waals surface area contributed by atoms with Crippen molar-refractivity contribution in [3.8, 4) is 0 Å². The minimum Gasteiger partial charge on any atom is -0.354 e. The predicted molar refractivity (Wildman–Crippen MR) is 185 cm³/mol. The molecule has 7 heteroatoms. The van der Waals surface area contributed by atoms with Crippen molar-refractivity contribution in [2.45, 2.75) is 156 Å². The second-order valence-corrected chi connectivity index (χ2v) is 17.4. The number of guanidine groups is 2. The predicted octanol–water partition coefficient (Wildman–Crippen LogP) is 7.43. The molecule has 4 atom stereocenters. The summed E-state index contributed by atoms with van der Waals surface area (Å²) in [7, 11) is 0. The third-order valence-electron chi connectivity index (χ3n) is 12.4. The summed E-state index contributed by atoms with van der Waals surface area (Å²) in [6.45, 7) is 21.8. The van der Waals surface area contributed by atoms with Crippen molar-refractivity contribution in [1.82, 2.24) is 24.9 Å². The molecule has 44 heavy (non-hydrogen) atoms. The van der Waals surface area contributed by atoms with E-state index < -0.39 is 0 Å². The summed E-state index contributed by atoms with van der Waals surface area (Å²) in [6, 6.07) is 1.33. The first-order valence-electron chi connectivity index (χ1n) is 18.9. The summed E-state index contributed by atoms with van der Waals surface area (Å²) in [6.07, 6.45) is 17.4. The van der Waals surface area contributed by atoms with E-state index in [2.05, 4.69) is 73.4 Å². The Labute approximate surface area is 271 Å². The van der Waals surface area contributed by atoms with E-state index in [9.17, 15) is 5.41 Å². The Morgan fingerprint density at radius 1 is 0.773 bits per heavy atom. The van der Waals surface area contributed by atoms with Crippen LogP contribution in [0, 0.1) is 45.8 Å². The molecule has 5 fully saturated rings. The van der Waals surface area contributed by atoms with Gasteiger partial charge in [0.1, 0.15) is 0 Å². The van der Waals surface area contributed by atoms with Crippen LogP contribution in [-0.2, 0) is 0 Å². The zero-order valence-electron chi connectivity index (χ0n) is 29.7. The van der Waals surface area contributed by atoms with Gasteiger partial charge in [-0.25, -0.2) is 0 Å². The smallest absolute Gasteiger partial charge is 0.195 e. The van der Waals surface area contributed by atoms with E-state index >= 15 is 0 Å². The second-order valence-electron chi connectivity index (χ2n) is 17.4. The van der Waals surface area contributed by atoms with Crippen molar-refractivity contribution in [3.63, 3.8) is 0 Å². The van der Waals surface area contributed by atoms with Crippen LogP contribution >= 0.6 is 0 Å². The number of likely N-dealkylation sites (tertiary alicyclic amines) is 1. The molecule has 0 aromatic rings. The average Bonchev–Trinajstić information content (AvgIpc) is 3.66. The van der Waals surface area contributed by atoms with Crippen molar-refractivity contribution in [2.75, 3.05) is 32.7 Å². The largest absolute Gasteiger partial charge is 0.354 e. The highest BCUT2D eigenvalue weighted by Crippen LogP contribution is 2.41. The molecule has 3 saturated heterocycles. The molecule has 0 aromatic heterocycles. The zero-order valence-corrected chi connectivity index (χ0v) is 29.7. The highest BCUT2D eigenvalue weighted by atomic mass is 15.5. The van der Waals surface area contributed by atoms with Crippen molar-refractivity contribution in [1.29, 1.82) is 10.8 Å². The molecule has 3 N–H and O–H groups in total. The SMILES string of the molecule is CC(C)C[C@@H]1CNC(=N)N1C[C@@H]1CCCN1[C@@H](CC1CCCCC1)N1C[C@@H](C(C)C)N(CC2CCC(C(C)(C)C)CC2)C1=N. The zero-order chi connectivity index (χ0) is 31.6. The van der Waals surface area contributed by atoms with E-state index in [1.165, 1.54) is 77.0 Å². The van der Waals surface area contributed by atoms with Gasteiger partial charge in [0.15, 0.2) is 11.9 Å².